The maximum absolute atomic E-state index is 14.2. The molecule has 0 spiro atoms. The standard InChI is InChI=1S/C35H49N5O3/c1-4-9-29(33(36)41)27(18-23(2)3)20-37-30-15-14-25-12-8-13-26-19-31(40(32(25)26)35(30)43)34(42)38-28-16-17-39(22-28)21-24-10-6-5-7-11-24/h5-8,10-13,23,27-31,37H,4,9,14-22H2,1-3H3,(H2,36,41)(H,38,42)/t27-,28+,29-,30-,31-/m0/s1. The van der Waals surface area contributed by atoms with Crippen LogP contribution in [0.25, 0.3) is 0 Å². The minimum Gasteiger partial charge on any atom is -0.369 e. The number of hydrogen-bond acceptors (Lipinski definition) is 5. The van der Waals surface area contributed by atoms with Crippen molar-refractivity contribution in [2.24, 2.45) is 23.5 Å². The molecule has 0 saturated carbocycles. The van der Waals surface area contributed by atoms with Crippen molar-refractivity contribution in [2.75, 3.05) is 24.5 Å². The van der Waals surface area contributed by atoms with Gasteiger partial charge in [0.05, 0.1) is 11.7 Å². The van der Waals surface area contributed by atoms with Crippen LogP contribution in [0.2, 0.25) is 0 Å². The Bertz CT molecular complexity index is 1280. The third-order valence-corrected chi connectivity index (χ3v) is 9.51. The third kappa shape index (κ3) is 7.29. The summed E-state index contributed by atoms with van der Waals surface area (Å²) in [6.07, 6.45) is 5.35. The third-order valence-electron chi connectivity index (χ3n) is 9.51. The van der Waals surface area contributed by atoms with Gasteiger partial charge < -0.3 is 16.4 Å². The Kier molecular flexibility index (Phi) is 10.2. The van der Waals surface area contributed by atoms with E-state index in [0.717, 1.165) is 68.6 Å². The molecule has 3 aliphatic rings. The summed E-state index contributed by atoms with van der Waals surface area (Å²) in [6.45, 7) is 9.55. The maximum Gasteiger partial charge on any atom is 0.244 e. The number of hydrogen-bond donors (Lipinski definition) is 3. The van der Waals surface area contributed by atoms with E-state index in [-0.39, 0.29) is 35.6 Å². The van der Waals surface area contributed by atoms with Gasteiger partial charge >= 0.3 is 0 Å². The highest BCUT2D eigenvalue weighted by Crippen LogP contribution is 2.39. The highest BCUT2D eigenvalue weighted by Gasteiger charge is 2.44. The molecular formula is C35H49N5O3. The largest absolute Gasteiger partial charge is 0.369 e. The predicted octanol–water partition coefficient (Wildman–Crippen LogP) is 3.80. The fourth-order valence-electron chi connectivity index (χ4n) is 7.47. The van der Waals surface area contributed by atoms with Crippen LogP contribution in [0, 0.1) is 17.8 Å². The van der Waals surface area contributed by atoms with Crippen molar-refractivity contribution in [1.82, 2.24) is 15.5 Å². The lowest BCUT2D eigenvalue weighted by Crippen LogP contribution is -2.55. The smallest absolute Gasteiger partial charge is 0.244 e. The van der Waals surface area contributed by atoms with E-state index in [0.29, 0.717) is 25.3 Å². The fourth-order valence-corrected chi connectivity index (χ4v) is 7.47. The first-order chi connectivity index (χ1) is 20.7. The quantitative estimate of drug-likeness (QED) is 0.331. The van der Waals surface area contributed by atoms with Crippen molar-refractivity contribution >= 4 is 23.4 Å². The fraction of sp³-hybridized carbons (Fsp3) is 0.571. The lowest BCUT2D eigenvalue weighted by atomic mass is 9.82. The Morgan fingerprint density at radius 1 is 1.05 bits per heavy atom. The first kappa shape index (κ1) is 31.2. The molecule has 0 radical (unpaired) electrons. The van der Waals surface area contributed by atoms with Gasteiger partial charge in [-0.2, -0.15) is 0 Å². The molecule has 1 saturated heterocycles. The monoisotopic (exact) mass is 587 g/mol. The molecule has 8 heteroatoms. The molecule has 3 heterocycles. The highest BCUT2D eigenvalue weighted by atomic mass is 16.2. The maximum atomic E-state index is 14.2. The molecule has 5 rings (SSSR count). The molecule has 5 atom stereocenters. The molecular weight excluding hydrogens is 538 g/mol. The van der Waals surface area contributed by atoms with Crippen molar-refractivity contribution in [2.45, 2.75) is 90.4 Å². The summed E-state index contributed by atoms with van der Waals surface area (Å²) in [6, 6.07) is 15.7. The second-order valence-corrected chi connectivity index (χ2v) is 13.3. The molecule has 3 aliphatic heterocycles. The van der Waals surface area contributed by atoms with Crippen LogP contribution in [0.3, 0.4) is 0 Å². The van der Waals surface area contributed by atoms with Crippen LogP contribution >= 0.6 is 0 Å². The summed E-state index contributed by atoms with van der Waals surface area (Å²) >= 11 is 0. The second kappa shape index (κ2) is 14.0. The van der Waals surface area contributed by atoms with Crippen LogP contribution in [-0.2, 0) is 33.8 Å². The molecule has 8 nitrogen and oxygen atoms in total. The summed E-state index contributed by atoms with van der Waals surface area (Å²) in [4.78, 5) is 44.6. The van der Waals surface area contributed by atoms with Crippen LogP contribution in [0.15, 0.2) is 48.5 Å². The number of nitrogens with two attached hydrogens (primary N) is 1. The zero-order valence-electron chi connectivity index (χ0n) is 26.1. The SMILES string of the molecule is CCC[C@H](C(N)=O)[C@H](CN[C@H]1CCc2cccc3c2N(C1=O)[C@H](C(=O)N[C@@H]1CCN(Cc2ccccc2)C1)C3)CC(C)C. The number of amides is 3. The molecule has 2 aromatic rings. The summed E-state index contributed by atoms with van der Waals surface area (Å²) in [5, 5.41) is 6.86. The number of likely N-dealkylation sites (tertiary alicyclic amines) is 1. The van der Waals surface area contributed by atoms with E-state index in [1.165, 1.54) is 5.56 Å². The Morgan fingerprint density at radius 2 is 1.81 bits per heavy atom. The summed E-state index contributed by atoms with van der Waals surface area (Å²) < 4.78 is 0. The lowest BCUT2D eigenvalue weighted by molar-refractivity contribution is -0.127. The second-order valence-electron chi connectivity index (χ2n) is 13.3. The molecule has 0 aliphatic carbocycles. The van der Waals surface area contributed by atoms with Crippen molar-refractivity contribution in [3.05, 3.63) is 65.2 Å². The van der Waals surface area contributed by atoms with Gasteiger partial charge in [0, 0.05) is 38.0 Å². The predicted molar refractivity (Wildman–Crippen MR) is 170 cm³/mol. The molecule has 43 heavy (non-hydrogen) atoms. The molecule has 3 amide bonds. The van der Waals surface area contributed by atoms with Crippen LogP contribution in [0.1, 0.15) is 69.6 Å². The van der Waals surface area contributed by atoms with E-state index < -0.39 is 12.1 Å². The van der Waals surface area contributed by atoms with E-state index in [1.807, 2.05) is 12.1 Å². The Morgan fingerprint density at radius 3 is 2.53 bits per heavy atom. The Hall–Kier alpha value is -3.23. The van der Waals surface area contributed by atoms with E-state index in [4.69, 9.17) is 5.73 Å². The average Bonchev–Trinajstić information content (AvgIpc) is 3.56. The number of rotatable bonds is 13. The van der Waals surface area contributed by atoms with Gasteiger partial charge in [-0.25, -0.2) is 0 Å². The topological polar surface area (TPSA) is 108 Å². The van der Waals surface area contributed by atoms with Gasteiger partial charge in [0.25, 0.3) is 0 Å². The van der Waals surface area contributed by atoms with Gasteiger partial charge in [-0.1, -0.05) is 75.7 Å². The highest BCUT2D eigenvalue weighted by molar-refractivity contribution is 6.07. The van der Waals surface area contributed by atoms with Gasteiger partial charge in [0.1, 0.15) is 6.04 Å². The molecule has 0 unspecified atom stereocenters. The number of primary amides is 1. The first-order valence-electron chi connectivity index (χ1n) is 16.3. The summed E-state index contributed by atoms with van der Waals surface area (Å²) in [5.74, 6) is -0.127. The van der Waals surface area contributed by atoms with Gasteiger partial charge in [0.15, 0.2) is 0 Å². The number of anilines is 1. The van der Waals surface area contributed by atoms with E-state index >= 15 is 0 Å². The number of nitrogens with one attached hydrogen (secondary N) is 2. The summed E-state index contributed by atoms with van der Waals surface area (Å²) in [5.41, 5.74) is 10.2. The van der Waals surface area contributed by atoms with Crippen molar-refractivity contribution in [1.29, 1.82) is 0 Å². The number of carbonyl (C=O) groups excluding carboxylic acids is 3. The minimum absolute atomic E-state index is 0.0459. The lowest BCUT2D eigenvalue weighted by Gasteiger charge is -2.31. The molecule has 1 fully saturated rings. The van der Waals surface area contributed by atoms with Crippen molar-refractivity contribution in [3.8, 4) is 0 Å². The summed E-state index contributed by atoms with van der Waals surface area (Å²) in [7, 11) is 0. The van der Waals surface area contributed by atoms with E-state index in [1.54, 1.807) is 4.90 Å². The van der Waals surface area contributed by atoms with Crippen LogP contribution < -0.4 is 21.3 Å². The van der Waals surface area contributed by atoms with E-state index in [2.05, 4.69) is 72.7 Å². The normalized spacial score (nSPS) is 23.2. The average molecular weight is 588 g/mol. The molecule has 232 valence electrons. The molecule has 0 aromatic heterocycles. The van der Waals surface area contributed by atoms with Crippen LogP contribution in [0.5, 0.6) is 0 Å². The number of para-hydroxylation sites is 1. The number of carbonyl (C=O) groups is 3. The van der Waals surface area contributed by atoms with Crippen LogP contribution in [-0.4, -0.2) is 60.4 Å². The Labute approximate surface area is 256 Å². The van der Waals surface area contributed by atoms with Gasteiger partial charge in [-0.3, -0.25) is 24.2 Å². The molecule has 2 aromatic carbocycles. The first-order valence-corrected chi connectivity index (χ1v) is 16.3. The number of nitrogens with zero attached hydrogens (tertiary/aromatic N) is 2. The molecule has 0 bridgehead atoms. The molecule has 4 N–H and O–H groups in total. The van der Waals surface area contributed by atoms with Gasteiger partial charge in [0.2, 0.25) is 17.7 Å². The van der Waals surface area contributed by atoms with Crippen LogP contribution in [0.4, 0.5) is 5.69 Å². The zero-order chi connectivity index (χ0) is 30.5. The van der Waals surface area contributed by atoms with Gasteiger partial charge in [-0.05, 0) is 67.2 Å². The Balaban J connectivity index is 1.28. The van der Waals surface area contributed by atoms with Gasteiger partial charge in [-0.15, -0.1) is 0 Å². The number of benzene rings is 2. The van der Waals surface area contributed by atoms with Crippen molar-refractivity contribution < 1.29 is 14.4 Å². The number of aryl methyl sites for hydroxylation is 1. The zero-order valence-corrected chi connectivity index (χ0v) is 26.1. The van der Waals surface area contributed by atoms with E-state index in [9.17, 15) is 14.4 Å². The van der Waals surface area contributed by atoms with Crippen molar-refractivity contribution in [3.63, 3.8) is 0 Å². The minimum atomic E-state index is -0.556.